The van der Waals surface area contributed by atoms with Gasteiger partial charge in [0.2, 0.25) is 5.91 Å². The molecule has 4 rings (SSSR count). The third-order valence-corrected chi connectivity index (χ3v) is 7.44. The zero-order chi connectivity index (χ0) is 26.7. The fraction of sp³-hybridized carbons (Fsp3) is 0.643. The minimum Gasteiger partial charge on any atom is -0.380 e. The SMILES string of the molecule is CC(ON(C(=O)CCCCCCNc1c(Nc2cccnc2)c(=O)c1=O)C1CCCCC1)N1CCOCC1. The van der Waals surface area contributed by atoms with Crippen LogP contribution in [-0.2, 0) is 14.4 Å². The molecule has 2 aromatic rings. The van der Waals surface area contributed by atoms with E-state index in [1.54, 1.807) is 29.6 Å². The number of hydrogen-bond acceptors (Lipinski definition) is 9. The van der Waals surface area contributed by atoms with Crippen LogP contribution in [0.1, 0.15) is 71.1 Å². The van der Waals surface area contributed by atoms with Crippen LogP contribution in [0.15, 0.2) is 34.1 Å². The van der Waals surface area contributed by atoms with Gasteiger partial charge in [-0.25, -0.2) is 5.06 Å². The molecule has 1 unspecified atom stereocenters. The van der Waals surface area contributed by atoms with Gasteiger partial charge in [0.15, 0.2) is 0 Å². The smallest absolute Gasteiger partial charge is 0.253 e. The molecule has 38 heavy (non-hydrogen) atoms. The zero-order valence-electron chi connectivity index (χ0n) is 22.5. The Morgan fingerprint density at radius 2 is 1.84 bits per heavy atom. The van der Waals surface area contributed by atoms with Crippen LogP contribution in [0.25, 0.3) is 0 Å². The number of hydroxylamine groups is 2. The van der Waals surface area contributed by atoms with Crippen molar-refractivity contribution in [2.75, 3.05) is 43.5 Å². The number of pyridine rings is 1. The molecule has 0 spiro atoms. The van der Waals surface area contributed by atoms with Gasteiger partial charge in [0.1, 0.15) is 17.6 Å². The molecule has 1 saturated carbocycles. The first-order chi connectivity index (χ1) is 18.5. The van der Waals surface area contributed by atoms with E-state index in [0.717, 1.165) is 64.5 Å². The van der Waals surface area contributed by atoms with Crippen LogP contribution >= 0.6 is 0 Å². The van der Waals surface area contributed by atoms with E-state index in [9.17, 15) is 14.4 Å². The van der Waals surface area contributed by atoms with Crippen molar-refractivity contribution in [1.82, 2.24) is 14.9 Å². The third-order valence-electron chi connectivity index (χ3n) is 7.44. The summed E-state index contributed by atoms with van der Waals surface area (Å²) in [7, 11) is 0. The Bertz CT molecular complexity index is 1080. The summed E-state index contributed by atoms with van der Waals surface area (Å²) in [5, 5.41) is 7.77. The molecule has 1 saturated heterocycles. The third kappa shape index (κ3) is 7.61. The van der Waals surface area contributed by atoms with Gasteiger partial charge in [-0.05, 0) is 44.7 Å². The van der Waals surface area contributed by atoms with Crippen molar-refractivity contribution in [3.8, 4) is 0 Å². The van der Waals surface area contributed by atoms with Gasteiger partial charge in [-0.1, -0.05) is 32.1 Å². The number of ether oxygens (including phenoxy) is 1. The second kappa shape index (κ2) is 14.4. The maximum atomic E-state index is 13.2. The van der Waals surface area contributed by atoms with Gasteiger partial charge in [0.25, 0.3) is 10.9 Å². The Morgan fingerprint density at radius 1 is 1.11 bits per heavy atom. The number of carbonyl (C=O) groups is 1. The minimum atomic E-state index is -0.512. The zero-order valence-corrected chi connectivity index (χ0v) is 22.5. The summed E-state index contributed by atoms with van der Waals surface area (Å²) >= 11 is 0. The second-order valence-corrected chi connectivity index (χ2v) is 10.2. The van der Waals surface area contributed by atoms with E-state index < -0.39 is 10.9 Å². The van der Waals surface area contributed by atoms with Crippen molar-refractivity contribution >= 4 is 23.0 Å². The maximum absolute atomic E-state index is 13.2. The lowest BCUT2D eigenvalue weighted by Crippen LogP contribution is -2.50. The van der Waals surface area contributed by atoms with Crippen LogP contribution in [0.4, 0.5) is 17.1 Å². The summed E-state index contributed by atoms with van der Waals surface area (Å²) in [6.07, 6.45) is 12.6. The normalized spacial score (nSPS) is 17.8. The summed E-state index contributed by atoms with van der Waals surface area (Å²) in [6, 6.07) is 3.71. The highest BCUT2D eigenvalue weighted by Gasteiger charge is 2.30. The molecule has 208 valence electrons. The van der Waals surface area contributed by atoms with Crippen LogP contribution in [0.3, 0.4) is 0 Å². The molecule has 10 heteroatoms. The average Bonchev–Trinajstić information content (AvgIpc) is 2.97. The topological polar surface area (TPSA) is 113 Å². The number of unbranched alkanes of at least 4 members (excludes halogenated alkanes) is 3. The molecular weight excluding hydrogens is 486 g/mol. The molecule has 10 nitrogen and oxygen atoms in total. The number of rotatable bonds is 14. The largest absolute Gasteiger partial charge is 0.380 e. The number of anilines is 3. The molecule has 2 N–H and O–H groups in total. The van der Waals surface area contributed by atoms with E-state index in [-0.39, 0.29) is 18.2 Å². The summed E-state index contributed by atoms with van der Waals surface area (Å²) in [5.74, 6) is 0.0741. The van der Waals surface area contributed by atoms with Crippen LogP contribution in [0, 0.1) is 0 Å². The molecule has 1 aliphatic carbocycles. The van der Waals surface area contributed by atoms with Gasteiger partial charge in [-0.15, -0.1) is 0 Å². The monoisotopic (exact) mass is 527 g/mol. The number of hydrogen-bond donors (Lipinski definition) is 2. The summed E-state index contributed by atoms with van der Waals surface area (Å²) in [5.41, 5.74) is 0.294. The Kier molecular flexibility index (Phi) is 10.7. The number of amides is 1. The van der Waals surface area contributed by atoms with Crippen molar-refractivity contribution in [3.05, 3.63) is 45.0 Å². The highest BCUT2D eigenvalue weighted by atomic mass is 16.7. The molecule has 1 aromatic carbocycles. The quantitative estimate of drug-likeness (QED) is 0.216. The molecule has 2 aliphatic rings. The molecule has 0 bridgehead atoms. The number of aromatic nitrogens is 1. The lowest BCUT2D eigenvalue weighted by atomic mass is 9.95. The molecule has 1 atom stereocenters. The Morgan fingerprint density at radius 3 is 2.58 bits per heavy atom. The molecule has 1 amide bonds. The Balaban J connectivity index is 1.17. The first-order valence-electron chi connectivity index (χ1n) is 14.1. The molecule has 1 aromatic heterocycles. The first-order valence-corrected chi connectivity index (χ1v) is 14.1. The van der Waals surface area contributed by atoms with Crippen molar-refractivity contribution in [2.45, 2.75) is 83.4 Å². The minimum absolute atomic E-state index is 0.0741. The number of morpholine rings is 1. The predicted molar refractivity (Wildman–Crippen MR) is 147 cm³/mol. The van der Waals surface area contributed by atoms with Gasteiger partial charge >= 0.3 is 0 Å². The van der Waals surface area contributed by atoms with Crippen molar-refractivity contribution < 1.29 is 14.4 Å². The molecule has 0 radical (unpaired) electrons. The highest BCUT2D eigenvalue weighted by Crippen LogP contribution is 2.25. The highest BCUT2D eigenvalue weighted by molar-refractivity contribution is 5.78. The van der Waals surface area contributed by atoms with Gasteiger partial charge in [0, 0.05) is 32.3 Å². The van der Waals surface area contributed by atoms with Crippen LogP contribution in [-0.4, -0.2) is 66.0 Å². The van der Waals surface area contributed by atoms with E-state index in [4.69, 9.17) is 9.57 Å². The summed E-state index contributed by atoms with van der Waals surface area (Å²) in [4.78, 5) is 49.7. The van der Waals surface area contributed by atoms with Gasteiger partial charge in [0.05, 0.1) is 31.1 Å². The standard InChI is InChI=1S/C28H41N5O5/c1-21(32-16-18-37-19-17-32)38-33(23-11-5-4-6-12-23)24(34)13-7-2-3-8-15-30-25-26(28(36)27(25)35)31-22-10-9-14-29-20-22/h9-10,14,20-21,23,30-31H,2-8,11-13,15-19H2,1H3. The Labute approximate surface area is 224 Å². The van der Waals surface area contributed by atoms with E-state index in [0.29, 0.717) is 43.2 Å². The summed E-state index contributed by atoms with van der Waals surface area (Å²) < 4.78 is 5.45. The van der Waals surface area contributed by atoms with Gasteiger partial charge in [-0.3, -0.25) is 29.1 Å². The second-order valence-electron chi connectivity index (χ2n) is 10.2. The van der Waals surface area contributed by atoms with E-state index in [1.165, 1.54) is 6.42 Å². The number of nitrogens with one attached hydrogen (secondary N) is 2. The predicted octanol–water partition coefficient (Wildman–Crippen LogP) is 3.55. The Hall–Kier alpha value is -2.82. The molecule has 2 fully saturated rings. The van der Waals surface area contributed by atoms with E-state index in [2.05, 4.69) is 20.5 Å². The lowest BCUT2D eigenvalue weighted by molar-refractivity contribution is -0.253. The lowest BCUT2D eigenvalue weighted by Gasteiger charge is -2.39. The first kappa shape index (κ1) is 28.2. The molecule has 1 aliphatic heterocycles. The average molecular weight is 528 g/mol. The van der Waals surface area contributed by atoms with Crippen molar-refractivity contribution in [2.24, 2.45) is 0 Å². The molecular formula is C28H41N5O5. The van der Waals surface area contributed by atoms with E-state index >= 15 is 0 Å². The van der Waals surface area contributed by atoms with Crippen LogP contribution in [0.2, 0.25) is 0 Å². The number of carbonyl (C=O) groups excluding carboxylic acids is 1. The van der Waals surface area contributed by atoms with Crippen molar-refractivity contribution in [1.29, 1.82) is 0 Å². The summed E-state index contributed by atoms with van der Waals surface area (Å²) in [6.45, 7) is 5.65. The fourth-order valence-corrected chi connectivity index (χ4v) is 5.18. The van der Waals surface area contributed by atoms with Gasteiger partial charge < -0.3 is 15.4 Å². The van der Waals surface area contributed by atoms with Gasteiger partial charge in [-0.2, -0.15) is 0 Å². The fourth-order valence-electron chi connectivity index (χ4n) is 5.18. The maximum Gasteiger partial charge on any atom is 0.253 e. The van der Waals surface area contributed by atoms with E-state index in [1.807, 2.05) is 6.92 Å². The number of nitrogens with zero attached hydrogens (tertiary/aromatic N) is 3. The van der Waals surface area contributed by atoms with Crippen LogP contribution in [0.5, 0.6) is 0 Å². The van der Waals surface area contributed by atoms with Crippen molar-refractivity contribution in [3.63, 3.8) is 0 Å². The van der Waals surface area contributed by atoms with Crippen LogP contribution < -0.4 is 21.5 Å². The molecule has 2 heterocycles.